The van der Waals surface area contributed by atoms with Crippen molar-refractivity contribution in [3.8, 4) is 0 Å². The zero-order chi connectivity index (χ0) is 15.1. The third kappa shape index (κ3) is 5.99. The van der Waals surface area contributed by atoms with Crippen molar-refractivity contribution in [2.24, 2.45) is 0 Å². The van der Waals surface area contributed by atoms with Crippen LogP contribution in [0, 0.1) is 6.92 Å². The van der Waals surface area contributed by atoms with Gasteiger partial charge in [0.25, 0.3) is 0 Å². The minimum Gasteiger partial charge on any atom is -0.362 e. The van der Waals surface area contributed by atoms with E-state index in [0.717, 1.165) is 25.2 Å². The second kappa shape index (κ2) is 8.32. The van der Waals surface area contributed by atoms with Crippen molar-refractivity contribution in [1.82, 2.24) is 15.1 Å². The van der Waals surface area contributed by atoms with Crippen molar-refractivity contribution < 1.29 is 0 Å². The van der Waals surface area contributed by atoms with Crippen molar-refractivity contribution in [3.05, 3.63) is 29.8 Å². The molecule has 1 aromatic carbocycles. The minimum atomic E-state index is 0.707. The van der Waals surface area contributed by atoms with Crippen molar-refractivity contribution in [2.45, 2.75) is 13.3 Å². The molecule has 0 atom stereocenters. The summed E-state index contributed by atoms with van der Waals surface area (Å²) in [4.78, 5) is 4.91. The van der Waals surface area contributed by atoms with Gasteiger partial charge in [0.15, 0.2) is 5.11 Å². The van der Waals surface area contributed by atoms with Crippen LogP contribution in [-0.4, -0.2) is 61.2 Å². The quantitative estimate of drug-likeness (QED) is 0.641. The van der Waals surface area contributed by atoms with E-state index in [0.29, 0.717) is 5.11 Å². The molecule has 0 aliphatic carbocycles. The van der Waals surface area contributed by atoms with Crippen molar-refractivity contribution in [1.29, 1.82) is 0 Å². The molecule has 4 nitrogen and oxygen atoms in total. The van der Waals surface area contributed by atoms with Crippen LogP contribution in [0.4, 0.5) is 5.69 Å². The summed E-state index contributed by atoms with van der Waals surface area (Å²) < 4.78 is 0. The third-order valence-corrected chi connectivity index (χ3v) is 4.05. The van der Waals surface area contributed by atoms with Gasteiger partial charge < -0.3 is 20.4 Å². The number of piperazine rings is 1. The SMILES string of the molecule is Cc1cccc(NC(=S)NCCCN2CCN(C)CC2)c1. The number of benzene rings is 1. The smallest absolute Gasteiger partial charge is 0.170 e. The molecule has 1 aromatic rings. The monoisotopic (exact) mass is 306 g/mol. The fourth-order valence-corrected chi connectivity index (χ4v) is 2.69. The van der Waals surface area contributed by atoms with E-state index in [9.17, 15) is 0 Å². The average Bonchev–Trinajstić information content (AvgIpc) is 2.45. The summed E-state index contributed by atoms with van der Waals surface area (Å²) in [5.74, 6) is 0. The van der Waals surface area contributed by atoms with Crippen LogP contribution in [0.5, 0.6) is 0 Å². The van der Waals surface area contributed by atoms with Crippen LogP contribution in [0.2, 0.25) is 0 Å². The van der Waals surface area contributed by atoms with Gasteiger partial charge in [0.05, 0.1) is 0 Å². The Hall–Kier alpha value is -1.17. The number of likely N-dealkylation sites (N-methyl/N-ethyl adjacent to an activating group) is 1. The zero-order valence-corrected chi connectivity index (χ0v) is 13.9. The summed E-state index contributed by atoms with van der Waals surface area (Å²) in [6, 6.07) is 8.24. The molecular formula is C16H26N4S. The Kier molecular flexibility index (Phi) is 6.42. The maximum atomic E-state index is 5.32. The molecule has 1 fully saturated rings. The van der Waals surface area contributed by atoms with Crippen LogP contribution < -0.4 is 10.6 Å². The van der Waals surface area contributed by atoms with E-state index >= 15 is 0 Å². The molecule has 2 rings (SSSR count). The van der Waals surface area contributed by atoms with Crippen LogP contribution in [0.3, 0.4) is 0 Å². The molecule has 0 amide bonds. The fraction of sp³-hybridized carbons (Fsp3) is 0.562. The highest BCUT2D eigenvalue weighted by atomic mass is 32.1. The normalized spacial score (nSPS) is 16.7. The van der Waals surface area contributed by atoms with Gasteiger partial charge in [-0.05, 0) is 56.9 Å². The Morgan fingerprint density at radius 3 is 2.71 bits per heavy atom. The number of nitrogens with one attached hydrogen (secondary N) is 2. The predicted molar refractivity (Wildman–Crippen MR) is 94.0 cm³/mol. The van der Waals surface area contributed by atoms with Gasteiger partial charge in [0.2, 0.25) is 0 Å². The molecule has 1 aliphatic rings. The molecular weight excluding hydrogens is 280 g/mol. The maximum absolute atomic E-state index is 5.32. The molecule has 0 aromatic heterocycles. The number of anilines is 1. The van der Waals surface area contributed by atoms with Crippen LogP contribution in [-0.2, 0) is 0 Å². The molecule has 1 saturated heterocycles. The molecule has 1 heterocycles. The summed E-state index contributed by atoms with van der Waals surface area (Å²) in [6.45, 7) is 8.88. The highest BCUT2D eigenvalue weighted by Crippen LogP contribution is 2.09. The predicted octanol–water partition coefficient (Wildman–Crippen LogP) is 1.92. The second-order valence-electron chi connectivity index (χ2n) is 5.75. The largest absolute Gasteiger partial charge is 0.362 e. The Bertz CT molecular complexity index is 455. The van der Waals surface area contributed by atoms with E-state index in [1.807, 2.05) is 12.1 Å². The number of nitrogens with zero attached hydrogens (tertiary/aromatic N) is 2. The van der Waals surface area contributed by atoms with E-state index in [1.165, 1.54) is 31.7 Å². The number of hydrogen-bond donors (Lipinski definition) is 2. The van der Waals surface area contributed by atoms with Gasteiger partial charge in [-0.3, -0.25) is 0 Å². The first-order chi connectivity index (χ1) is 10.1. The molecule has 1 aliphatic heterocycles. The number of rotatable bonds is 5. The molecule has 116 valence electrons. The van der Waals surface area contributed by atoms with E-state index in [4.69, 9.17) is 12.2 Å². The first-order valence-corrected chi connectivity index (χ1v) is 8.07. The highest BCUT2D eigenvalue weighted by molar-refractivity contribution is 7.80. The van der Waals surface area contributed by atoms with E-state index in [1.54, 1.807) is 0 Å². The molecule has 0 saturated carbocycles. The Morgan fingerprint density at radius 1 is 1.24 bits per heavy atom. The van der Waals surface area contributed by atoms with Crippen molar-refractivity contribution >= 4 is 23.0 Å². The molecule has 0 bridgehead atoms. The molecule has 2 N–H and O–H groups in total. The van der Waals surface area contributed by atoms with Crippen LogP contribution >= 0.6 is 12.2 Å². The zero-order valence-electron chi connectivity index (χ0n) is 13.1. The van der Waals surface area contributed by atoms with Gasteiger partial charge in [-0.1, -0.05) is 12.1 Å². The Balaban J connectivity index is 1.59. The van der Waals surface area contributed by atoms with Crippen LogP contribution in [0.1, 0.15) is 12.0 Å². The third-order valence-electron chi connectivity index (χ3n) is 3.81. The number of thiocarbonyl (C=S) groups is 1. The lowest BCUT2D eigenvalue weighted by Crippen LogP contribution is -2.45. The first kappa shape index (κ1) is 16.2. The standard InChI is InChI=1S/C16H26N4S/c1-14-5-3-6-15(13-14)18-16(21)17-7-4-8-20-11-9-19(2)10-12-20/h3,5-6,13H,4,7-12H2,1-2H3,(H2,17,18,21). The number of hydrogen-bond acceptors (Lipinski definition) is 3. The minimum absolute atomic E-state index is 0.707. The van der Waals surface area contributed by atoms with E-state index in [-0.39, 0.29) is 0 Å². The Morgan fingerprint density at radius 2 is 2.00 bits per heavy atom. The van der Waals surface area contributed by atoms with Crippen molar-refractivity contribution in [2.75, 3.05) is 51.6 Å². The van der Waals surface area contributed by atoms with E-state index in [2.05, 4.69) is 46.5 Å². The maximum Gasteiger partial charge on any atom is 0.170 e. The van der Waals surface area contributed by atoms with Gasteiger partial charge in [-0.15, -0.1) is 0 Å². The molecule has 5 heteroatoms. The summed E-state index contributed by atoms with van der Waals surface area (Å²) >= 11 is 5.32. The fourth-order valence-electron chi connectivity index (χ4n) is 2.47. The van der Waals surface area contributed by atoms with Gasteiger partial charge in [-0.2, -0.15) is 0 Å². The molecule has 0 unspecified atom stereocenters. The average molecular weight is 306 g/mol. The van der Waals surface area contributed by atoms with Gasteiger partial charge >= 0.3 is 0 Å². The highest BCUT2D eigenvalue weighted by Gasteiger charge is 2.12. The van der Waals surface area contributed by atoms with Crippen LogP contribution in [0.15, 0.2) is 24.3 Å². The van der Waals surface area contributed by atoms with Gasteiger partial charge in [-0.25, -0.2) is 0 Å². The van der Waals surface area contributed by atoms with Gasteiger partial charge in [0.1, 0.15) is 0 Å². The topological polar surface area (TPSA) is 30.5 Å². The second-order valence-corrected chi connectivity index (χ2v) is 6.16. The summed E-state index contributed by atoms with van der Waals surface area (Å²) in [5, 5.41) is 7.22. The number of aryl methyl sites for hydroxylation is 1. The lowest BCUT2D eigenvalue weighted by molar-refractivity contribution is 0.153. The van der Waals surface area contributed by atoms with Crippen LogP contribution in [0.25, 0.3) is 0 Å². The van der Waals surface area contributed by atoms with Gasteiger partial charge in [0, 0.05) is 38.4 Å². The summed E-state index contributed by atoms with van der Waals surface area (Å²) in [6.07, 6.45) is 1.12. The first-order valence-electron chi connectivity index (χ1n) is 7.66. The molecule has 0 radical (unpaired) electrons. The lowest BCUT2D eigenvalue weighted by Gasteiger charge is -2.32. The Labute approximate surface area is 133 Å². The molecule has 21 heavy (non-hydrogen) atoms. The van der Waals surface area contributed by atoms with E-state index < -0.39 is 0 Å². The summed E-state index contributed by atoms with van der Waals surface area (Å²) in [5.41, 5.74) is 2.28. The summed E-state index contributed by atoms with van der Waals surface area (Å²) in [7, 11) is 2.19. The lowest BCUT2D eigenvalue weighted by atomic mass is 10.2. The molecule has 0 spiro atoms. The van der Waals surface area contributed by atoms with Crippen molar-refractivity contribution in [3.63, 3.8) is 0 Å².